The van der Waals surface area contributed by atoms with Crippen molar-refractivity contribution >= 4 is 28.7 Å². The summed E-state index contributed by atoms with van der Waals surface area (Å²) in [5.74, 6) is 0.737. The normalized spacial score (nSPS) is 14.2. The van der Waals surface area contributed by atoms with Gasteiger partial charge >= 0.3 is 0 Å². The molecule has 0 radical (unpaired) electrons. The number of aryl methyl sites for hydroxylation is 1. The van der Waals surface area contributed by atoms with Gasteiger partial charge in [0.05, 0.1) is 11.6 Å². The summed E-state index contributed by atoms with van der Waals surface area (Å²) in [5.41, 5.74) is 2.83. The zero-order valence-corrected chi connectivity index (χ0v) is 15.6. The lowest BCUT2D eigenvalue weighted by Crippen LogP contribution is -2.28. The molecule has 1 amide bonds. The smallest absolute Gasteiger partial charge is 0.259 e. The van der Waals surface area contributed by atoms with Crippen molar-refractivity contribution in [1.82, 2.24) is 9.97 Å². The molecule has 3 heterocycles. The molecule has 1 N–H and O–H groups in total. The van der Waals surface area contributed by atoms with E-state index in [1.807, 2.05) is 48.4 Å². The highest BCUT2D eigenvalue weighted by atomic mass is 32.1. The monoisotopic (exact) mass is 364 g/mol. The van der Waals surface area contributed by atoms with Gasteiger partial charge < -0.3 is 10.2 Å². The van der Waals surface area contributed by atoms with Crippen LogP contribution < -0.4 is 10.2 Å². The number of hydrogen-bond donors (Lipinski definition) is 1. The molecule has 0 spiro atoms. The van der Waals surface area contributed by atoms with Crippen molar-refractivity contribution in [3.63, 3.8) is 0 Å². The summed E-state index contributed by atoms with van der Waals surface area (Å²) in [6.07, 6.45) is 4.42. The number of pyridine rings is 1. The number of amides is 1. The van der Waals surface area contributed by atoms with Gasteiger partial charge in [0.2, 0.25) is 0 Å². The predicted molar refractivity (Wildman–Crippen MR) is 105 cm³/mol. The van der Waals surface area contributed by atoms with Crippen molar-refractivity contribution < 1.29 is 4.79 Å². The fourth-order valence-corrected chi connectivity index (χ4v) is 3.94. The Morgan fingerprint density at radius 1 is 1.19 bits per heavy atom. The maximum absolute atomic E-state index is 12.8. The molecule has 0 fully saturated rings. The van der Waals surface area contributed by atoms with E-state index in [9.17, 15) is 4.79 Å². The Balaban J connectivity index is 1.47. The van der Waals surface area contributed by atoms with Gasteiger partial charge in [0, 0.05) is 29.5 Å². The number of anilines is 2. The van der Waals surface area contributed by atoms with Crippen molar-refractivity contribution in [3.8, 4) is 0 Å². The molecule has 4 rings (SSSR count). The molecule has 0 bridgehead atoms. The van der Waals surface area contributed by atoms with E-state index in [4.69, 9.17) is 0 Å². The first-order chi connectivity index (χ1) is 12.6. The predicted octanol–water partition coefficient (Wildman–Crippen LogP) is 4.22. The highest BCUT2D eigenvalue weighted by Gasteiger charge is 2.25. The van der Waals surface area contributed by atoms with E-state index in [-0.39, 0.29) is 11.9 Å². The maximum Gasteiger partial charge on any atom is 0.259 e. The minimum absolute atomic E-state index is 0.00223. The average molecular weight is 364 g/mol. The second-order valence-corrected chi connectivity index (χ2v) is 7.71. The third-order valence-electron chi connectivity index (χ3n) is 4.52. The zero-order valence-electron chi connectivity index (χ0n) is 14.8. The Hall–Kier alpha value is -2.73. The molecule has 1 aromatic carbocycles. The number of nitrogens with one attached hydrogen (secondary N) is 1. The van der Waals surface area contributed by atoms with E-state index >= 15 is 0 Å². The molecule has 1 atom stereocenters. The van der Waals surface area contributed by atoms with Gasteiger partial charge in [-0.2, -0.15) is 0 Å². The number of carbonyl (C=O) groups is 1. The number of aromatic nitrogens is 2. The molecule has 132 valence electrons. The number of thiazole rings is 1. The molecule has 1 unspecified atom stereocenters. The van der Waals surface area contributed by atoms with Crippen molar-refractivity contribution in [2.45, 2.75) is 26.3 Å². The molecule has 0 saturated carbocycles. The fraction of sp³-hybridized carbons (Fsp3) is 0.250. The second kappa shape index (κ2) is 6.88. The van der Waals surface area contributed by atoms with Crippen LogP contribution in [-0.4, -0.2) is 22.4 Å². The lowest BCUT2D eigenvalue weighted by molar-refractivity contribution is 0.0989. The van der Waals surface area contributed by atoms with Gasteiger partial charge in [0.25, 0.3) is 5.91 Å². The third kappa shape index (κ3) is 3.20. The van der Waals surface area contributed by atoms with Gasteiger partial charge in [-0.1, -0.05) is 18.2 Å². The summed E-state index contributed by atoms with van der Waals surface area (Å²) in [5, 5.41) is 4.36. The van der Waals surface area contributed by atoms with Crippen LogP contribution in [0.3, 0.4) is 0 Å². The van der Waals surface area contributed by atoms with Crippen LogP contribution in [0.15, 0.2) is 48.8 Å². The summed E-state index contributed by atoms with van der Waals surface area (Å²) in [7, 11) is 0. The van der Waals surface area contributed by atoms with Crippen LogP contribution in [0.25, 0.3) is 0 Å². The highest BCUT2D eigenvalue weighted by Crippen LogP contribution is 2.29. The molecular formula is C20H20N4OS. The van der Waals surface area contributed by atoms with Crippen LogP contribution in [0.4, 0.5) is 11.5 Å². The van der Waals surface area contributed by atoms with E-state index in [2.05, 4.69) is 28.3 Å². The SMILES string of the molecule is Cc1cnc(C(C)Nc2ccc(C(=O)N3CCc4ccccc43)cn2)s1. The van der Waals surface area contributed by atoms with Gasteiger partial charge in [-0.15, -0.1) is 11.3 Å². The molecule has 0 saturated heterocycles. The number of benzene rings is 1. The Morgan fingerprint density at radius 3 is 2.77 bits per heavy atom. The summed E-state index contributed by atoms with van der Waals surface area (Å²) >= 11 is 1.67. The quantitative estimate of drug-likeness (QED) is 0.753. The maximum atomic E-state index is 12.8. The first kappa shape index (κ1) is 16.7. The van der Waals surface area contributed by atoms with Crippen molar-refractivity contribution in [1.29, 1.82) is 0 Å². The molecule has 26 heavy (non-hydrogen) atoms. The molecular weight excluding hydrogens is 344 g/mol. The minimum Gasteiger partial charge on any atom is -0.361 e. The lowest BCUT2D eigenvalue weighted by Gasteiger charge is -2.17. The van der Waals surface area contributed by atoms with Crippen molar-refractivity contribution in [3.05, 3.63) is 69.8 Å². The van der Waals surface area contributed by atoms with Gasteiger partial charge in [0.15, 0.2) is 0 Å². The van der Waals surface area contributed by atoms with E-state index in [1.54, 1.807) is 17.5 Å². The highest BCUT2D eigenvalue weighted by molar-refractivity contribution is 7.11. The van der Waals surface area contributed by atoms with Crippen LogP contribution >= 0.6 is 11.3 Å². The van der Waals surface area contributed by atoms with Crippen molar-refractivity contribution in [2.24, 2.45) is 0 Å². The standard InChI is InChI=1S/C20H20N4OS/c1-13-11-22-19(26-13)14(2)23-18-8-7-16(12-21-18)20(25)24-10-9-15-5-3-4-6-17(15)24/h3-8,11-12,14H,9-10H2,1-2H3,(H,21,23). The molecule has 6 heteroatoms. The van der Waals surface area contributed by atoms with Crippen LogP contribution in [0.5, 0.6) is 0 Å². The minimum atomic E-state index is -0.00223. The van der Waals surface area contributed by atoms with E-state index in [1.165, 1.54) is 10.4 Å². The average Bonchev–Trinajstić information content (AvgIpc) is 3.28. The number of para-hydroxylation sites is 1. The van der Waals surface area contributed by atoms with E-state index < -0.39 is 0 Å². The Kier molecular flexibility index (Phi) is 4.42. The first-order valence-electron chi connectivity index (χ1n) is 8.66. The van der Waals surface area contributed by atoms with Crippen LogP contribution in [-0.2, 0) is 6.42 Å². The number of rotatable bonds is 4. The number of fused-ring (bicyclic) bond motifs is 1. The molecule has 5 nitrogen and oxygen atoms in total. The lowest BCUT2D eigenvalue weighted by atomic mass is 10.2. The molecule has 2 aromatic heterocycles. The van der Waals surface area contributed by atoms with Gasteiger partial charge in [-0.25, -0.2) is 9.97 Å². The van der Waals surface area contributed by atoms with Crippen molar-refractivity contribution in [2.75, 3.05) is 16.8 Å². The molecule has 0 aliphatic carbocycles. The summed E-state index contributed by atoms with van der Waals surface area (Å²) in [4.78, 5) is 24.7. The number of carbonyl (C=O) groups excluding carboxylic acids is 1. The fourth-order valence-electron chi connectivity index (χ4n) is 3.17. The van der Waals surface area contributed by atoms with Gasteiger partial charge in [-0.3, -0.25) is 4.79 Å². The summed E-state index contributed by atoms with van der Waals surface area (Å²) in [6.45, 7) is 4.82. The van der Waals surface area contributed by atoms with E-state index in [0.717, 1.165) is 29.5 Å². The zero-order chi connectivity index (χ0) is 18.1. The van der Waals surface area contributed by atoms with Crippen LogP contribution in [0, 0.1) is 6.92 Å². The van der Waals surface area contributed by atoms with Crippen LogP contribution in [0.2, 0.25) is 0 Å². The van der Waals surface area contributed by atoms with Gasteiger partial charge in [-0.05, 0) is 44.0 Å². The molecule has 1 aliphatic heterocycles. The van der Waals surface area contributed by atoms with E-state index in [0.29, 0.717) is 5.56 Å². The summed E-state index contributed by atoms with van der Waals surface area (Å²) in [6, 6.07) is 11.8. The topological polar surface area (TPSA) is 58.1 Å². The number of nitrogens with zero attached hydrogens (tertiary/aromatic N) is 3. The summed E-state index contributed by atoms with van der Waals surface area (Å²) < 4.78 is 0. The number of hydrogen-bond acceptors (Lipinski definition) is 5. The molecule has 1 aliphatic rings. The largest absolute Gasteiger partial charge is 0.361 e. The first-order valence-corrected chi connectivity index (χ1v) is 9.48. The molecule has 3 aromatic rings. The van der Waals surface area contributed by atoms with Crippen LogP contribution in [0.1, 0.15) is 38.8 Å². The Labute approximate surface area is 156 Å². The second-order valence-electron chi connectivity index (χ2n) is 6.44. The Bertz CT molecular complexity index is 935. The Morgan fingerprint density at radius 2 is 2.04 bits per heavy atom. The third-order valence-corrected chi connectivity index (χ3v) is 5.61. The van der Waals surface area contributed by atoms with Gasteiger partial charge in [0.1, 0.15) is 10.8 Å².